The molecule has 7 nitrogen and oxygen atoms in total. The highest BCUT2D eigenvalue weighted by Gasteiger charge is 2.41. The van der Waals surface area contributed by atoms with Crippen LogP contribution in [0.4, 0.5) is 13.2 Å². The molecule has 5 rings (SSSR count). The van der Waals surface area contributed by atoms with Crippen LogP contribution < -0.4 is 5.32 Å². The standard InChI is InChI=1S/C28H19F3N2O5/c1-14-6-8-15(9-7-14)23-21(25(34)32-2)20-13-19(16-4-3-5-17(12-16)26(35)36)22-18(24(20)38-23)10-11-33(22)27(37)28(29,30)31/h3-13H,1-2H3,(H,32,34)(H,35,36). The van der Waals surface area contributed by atoms with Crippen molar-refractivity contribution in [1.29, 1.82) is 0 Å². The van der Waals surface area contributed by atoms with Gasteiger partial charge in [-0.3, -0.25) is 14.2 Å². The van der Waals surface area contributed by atoms with Gasteiger partial charge in [-0.25, -0.2) is 4.79 Å². The number of amides is 1. The van der Waals surface area contributed by atoms with Gasteiger partial charge in [-0.1, -0.05) is 42.0 Å². The number of benzene rings is 3. The number of carboxylic acids is 1. The second-order valence-electron chi connectivity index (χ2n) is 8.69. The Balaban J connectivity index is 1.93. The van der Waals surface area contributed by atoms with Crippen LogP contribution in [0.15, 0.2) is 71.3 Å². The second kappa shape index (κ2) is 8.91. The summed E-state index contributed by atoms with van der Waals surface area (Å²) in [7, 11) is 1.44. The van der Waals surface area contributed by atoms with Gasteiger partial charge >= 0.3 is 18.1 Å². The number of hydrogen-bond acceptors (Lipinski definition) is 4. The smallest absolute Gasteiger partial charge is 0.472 e. The lowest BCUT2D eigenvalue weighted by molar-refractivity contribution is -0.0942. The van der Waals surface area contributed by atoms with Gasteiger partial charge in [0.15, 0.2) is 0 Å². The highest BCUT2D eigenvalue weighted by molar-refractivity contribution is 6.20. The van der Waals surface area contributed by atoms with Crippen LogP contribution in [0.2, 0.25) is 0 Å². The molecule has 0 bridgehead atoms. The molecular formula is C28H19F3N2O5. The fourth-order valence-electron chi connectivity index (χ4n) is 4.49. The zero-order valence-corrected chi connectivity index (χ0v) is 20.0. The Bertz CT molecular complexity index is 1760. The summed E-state index contributed by atoms with van der Waals surface area (Å²) in [5.74, 6) is -3.65. The number of aryl methyl sites for hydroxylation is 1. The fourth-order valence-corrected chi connectivity index (χ4v) is 4.49. The SMILES string of the molecule is CNC(=O)c1c(-c2ccc(C)cc2)oc2c1cc(-c1cccc(C(=O)O)c1)c1c2ccn1C(=O)C(F)(F)F. The Morgan fingerprint density at radius 1 is 0.947 bits per heavy atom. The van der Waals surface area contributed by atoms with Crippen molar-refractivity contribution in [1.82, 2.24) is 9.88 Å². The van der Waals surface area contributed by atoms with E-state index in [9.17, 15) is 32.7 Å². The number of hydrogen-bond donors (Lipinski definition) is 2. The third kappa shape index (κ3) is 4.00. The summed E-state index contributed by atoms with van der Waals surface area (Å²) in [5.41, 5.74) is 1.94. The molecule has 10 heteroatoms. The topological polar surface area (TPSA) is 102 Å². The van der Waals surface area contributed by atoms with E-state index in [0.29, 0.717) is 15.5 Å². The molecule has 2 heterocycles. The maximum atomic E-state index is 13.5. The number of aromatic carboxylic acids is 1. The Morgan fingerprint density at radius 2 is 1.66 bits per heavy atom. The van der Waals surface area contributed by atoms with E-state index in [0.717, 1.165) is 11.8 Å². The van der Waals surface area contributed by atoms with Crippen molar-refractivity contribution < 1.29 is 37.1 Å². The number of furan rings is 1. The first-order valence-corrected chi connectivity index (χ1v) is 11.4. The van der Waals surface area contributed by atoms with Crippen LogP contribution in [0.5, 0.6) is 0 Å². The summed E-state index contributed by atoms with van der Waals surface area (Å²) in [6.45, 7) is 1.89. The lowest BCUT2D eigenvalue weighted by Gasteiger charge is -2.12. The molecule has 38 heavy (non-hydrogen) atoms. The van der Waals surface area contributed by atoms with Crippen molar-refractivity contribution in [2.75, 3.05) is 7.05 Å². The molecule has 192 valence electrons. The third-order valence-corrected chi connectivity index (χ3v) is 6.27. The van der Waals surface area contributed by atoms with Crippen LogP contribution in [0.1, 0.15) is 31.1 Å². The molecule has 0 unspecified atom stereocenters. The van der Waals surface area contributed by atoms with Crippen molar-refractivity contribution in [3.05, 3.63) is 83.6 Å². The van der Waals surface area contributed by atoms with Gasteiger partial charge in [0.05, 0.1) is 16.6 Å². The molecule has 5 aromatic rings. The number of rotatable bonds is 4. The molecule has 0 aliphatic carbocycles. The average Bonchev–Trinajstić information content (AvgIpc) is 3.49. The van der Waals surface area contributed by atoms with Crippen LogP contribution in [0, 0.1) is 6.92 Å². The van der Waals surface area contributed by atoms with Crippen LogP contribution in [0.3, 0.4) is 0 Å². The van der Waals surface area contributed by atoms with Crippen molar-refractivity contribution in [3.8, 4) is 22.5 Å². The summed E-state index contributed by atoms with van der Waals surface area (Å²) in [6.07, 6.45) is -4.19. The van der Waals surface area contributed by atoms with Crippen molar-refractivity contribution in [3.63, 3.8) is 0 Å². The van der Waals surface area contributed by atoms with Gasteiger partial charge in [0, 0.05) is 35.1 Å². The van der Waals surface area contributed by atoms with Gasteiger partial charge in [-0.05, 0) is 36.8 Å². The fraction of sp³-hybridized carbons (Fsp3) is 0.107. The molecule has 0 fully saturated rings. The number of carbonyl (C=O) groups excluding carboxylic acids is 2. The highest BCUT2D eigenvalue weighted by atomic mass is 19.4. The normalized spacial score (nSPS) is 11.7. The van der Waals surface area contributed by atoms with Gasteiger partial charge in [-0.15, -0.1) is 0 Å². The van der Waals surface area contributed by atoms with Gasteiger partial charge in [0.1, 0.15) is 11.3 Å². The summed E-state index contributed by atoms with van der Waals surface area (Å²) in [4.78, 5) is 37.0. The zero-order chi connectivity index (χ0) is 27.4. The molecule has 0 saturated carbocycles. The first-order chi connectivity index (χ1) is 18.0. The molecule has 0 atom stereocenters. The second-order valence-corrected chi connectivity index (χ2v) is 8.69. The van der Waals surface area contributed by atoms with Crippen molar-refractivity contribution in [2.24, 2.45) is 0 Å². The van der Waals surface area contributed by atoms with E-state index in [1.165, 1.54) is 43.4 Å². The maximum absolute atomic E-state index is 13.5. The Labute approximate surface area is 213 Å². The minimum atomic E-state index is -5.18. The molecule has 0 aliphatic rings. The monoisotopic (exact) mass is 520 g/mol. The van der Waals surface area contributed by atoms with E-state index in [4.69, 9.17) is 4.42 Å². The molecule has 2 N–H and O–H groups in total. The predicted octanol–water partition coefficient (Wildman–Crippen LogP) is 6.29. The van der Waals surface area contributed by atoms with Crippen LogP contribution >= 0.6 is 0 Å². The van der Waals surface area contributed by atoms with E-state index in [1.54, 1.807) is 12.1 Å². The Morgan fingerprint density at radius 3 is 2.29 bits per heavy atom. The maximum Gasteiger partial charge on any atom is 0.472 e. The molecule has 3 aromatic carbocycles. The number of nitrogens with one attached hydrogen (secondary N) is 1. The summed E-state index contributed by atoms with van der Waals surface area (Å²) < 4.78 is 47.1. The summed E-state index contributed by atoms with van der Waals surface area (Å²) >= 11 is 0. The lowest BCUT2D eigenvalue weighted by atomic mass is 9.96. The van der Waals surface area contributed by atoms with Gasteiger partial charge in [0.2, 0.25) is 0 Å². The molecule has 0 radical (unpaired) electrons. The largest absolute Gasteiger partial charge is 0.478 e. The Hall–Kier alpha value is -4.86. The zero-order valence-electron chi connectivity index (χ0n) is 20.0. The van der Waals surface area contributed by atoms with Gasteiger partial charge in [-0.2, -0.15) is 13.2 Å². The van der Waals surface area contributed by atoms with Crippen LogP contribution in [-0.4, -0.2) is 40.7 Å². The summed E-state index contributed by atoms with van der Waals surface area (Å²) in [6, 6.07) is 15.5. The number of alkyl halides is 3. The van der Waals surface area contributed by atoms with E-state index in [1.807, 2.05) is 19.1 Å². The molecular weight excluding hydrogens is 501 g/mol. The van der Waals surface area contributed by atoms with E-state index >= 15 is 0 Å². The number of carboxylic acid groups (broad SMARTS) is 1. The van der Waals surface area contributed by atoms with Crippen LogP contribution in [-0.2, 0) is 0 Å². The quantitative estimate of drug-likeness (QED) is 0.290. The van der Waals surface area contributed by atoms with Gasteiger partial charge < -0.3 is 14.8 Å². The molecule has 0 saturated heterocycles. The minimum absolute atomic E-state index is 0.102. The van der Waals surface area contributed by atoms with Crippen molar-refractivity contribution >= 4 is 39.7 Å². The molecule has 0 spiro atoms. The number of aromatic nitrogens is 1. The number of nitrogens with zero attached hydrogens (tertiary/aromatic N) is 1. The van der Waals surface area contributed by atoms with Gasteiger partial charge in [0.25, 0.3) is 5.91 Å². The van der Waals surface area contributed by atoms with E-state index in [2.05, 4.69) is 5.32 Å². The average molecular weight is 520 g/mol. The number of fused-ring (bicyclic) bond motifs is 3. The molecule has 2 aromatic heterocycles. The van der Waals surface area contributed by atoms with Crippen molar-refractivity contribution in [2.45, 2.75) is 13.1 Å². The molecule has 1 amide bonds. The number of halogens is 3. The van der Waals surface area contributed by atoms with Crippen LogP contribution in [0.25, 0.3) is 44.3 Å². The Kier molecular flexibility index (Phi) is 5.82. The summed E-state index contributed by atoms with van der Waals surface area (Å²) in [5, 5.41) is 12.5. The first-order valence-electron chi connectivity index (χ1n) is 11.4. The lowest BCUT2D eigenvalue weighted by Crippen LogP contribution is -2.28. The predicted molar refractivity (Wildman–Crippen MR) is 134 cm³/mol. The van der Waals surface area contributed by atoms with E-state index < -0.39 is 24.0 Å². The molecule has 0 aliphatic heterocycles. The first kappa shape index (κ1) is 24.8. The third-order valence-electron chi connectivity index (χ3n) is 6.27. The number of carbonyl (C=O) groups is 3. The minimum Gasteiger partial charge on any atom is -0.478 e. The van der Waals surface area contributed by atoms with E-state index in [-0.39, 0.29) is 44.5 Å². The highest BCUT2D eigenvalue weighted by Crippen LogP contribution is 2.42.